The van der Waals surface area contributed by atoms with Crippen LogP contribution in [0.1, 0.15) is 25.2 Å². The number of hydrogen-bond acceptors (Lipinski definition) is 5. The van der Waals surface area contributed by atoms with Gasteiger partial charge >= 0.3 is 0 Å². The number of aromatic nitrogens is 3. The van der Waals surface area contributed by atoms with E-state index in [-0.39, 0.29) is 6.04 Å². The van der Waals surface area contributed by atoms with E-state index < -0.39 is 0 Å². The molecule has 0 amide bonds. The molecule has 1 heterocycles. The molecule has 0 saturated carbocycles. The zero-order valence-electron chi connectivity index (χ0n) is 9.93. The minimum absolute atomic E-state index is 0.121. The summed E-state index contributed by atoms with van der Waals surface area (Å²) in [5, 5.41) is 4.22. The smallest absolute Gasteiger partial charge is 0.166 e. The first kappa shape index (κ1) is 13.1. The van der Waals surface area contributed by atoms with E-state index >= 15 is 0 Å². The topological polar surface area (TPSA) is 75.2 Å². The van der Waals surface area contributed by atoms with Gasteiger partial charge in [-0.1, -0.05) is 0 Å². The quantitative estimate of drug-likeness (QED) is 0.650. The number of hydrogen-bond donors (Lipinski definition) is 1. The van der Waals surface area contributed by atoms with Crippen LogP contribution in [0.2, 0.25) is 0 Å². The third-order valence-corrected chi connectivity index (χ3v) is 2.06. The minimum Gasteiger partial charge on any atom is -0.385 e. The van der Waals surface area contributed by atoms with E-state index in [0.29, 0.717) is 25.6 Å². The first-order chi connectivity index (χ1) is 7.74. The second kappa shape index (κ2) is 7.32. The summed E-state index contributed by atoms with van der Waals surface area (Å²) in [6.45, 7) is 4.64. The van der Waals surface area contributed by atoms with Crippen molar-refractivity contribution in [3.05, 3.63) is 12.2 Å². The lowest BCUT2D eigenvalue weighted by Gasteiger charge is -2.03. The Bertz CT molecular complexity index is 288. The van der Waals surface area contributed by atoms with Gasteiger partial charge in [-0.05, 0) is 13.3 Å². The first-order valence-electron chi connectivity index (χ1n) is 5.45. The Morgan fingerprint density at radius 3 is 2.88 bits per heavy atom. The first-order valence-corrected chi connectivity index (χ1v) is 5.45. The highest BCUT2D eigenvalue weighted by atomic mass is 16.5. The van der Waals surface area contributed by atoms with Gasteiger partial charge in [0.2, 0.25) is 0 Å². The van der Waals surface area contributed by atoms with Gasteiger partial charge in [-0.3, -0.25) is 4.68 Å². The van der Waals surface area contributed by atoms with Gasteiger partial charge in [-0.15, -0.1) is 0 Å². The Hall–Kier alpha value is -0.980. The van der Waals surface area contributed by atoms with Crippen molar-refractivity contribution in [2.24, 2.45) is 5.73 Å². The second-order valence-electron chi connectivity index (χ2n) is 3.61. The van der Waals surface area contributed by atoms with Crippen LogP contribution in [0.15, 0.2) is 6.33 Å². The zero-order valence-corrected chi connectivity index (χ0v) is 9.93. The van der Waals surface area contributed by atoms with Gasteiger partial charge in [-0.25, -0.2) is 4.98 Å². The number of ether oxygens (including phenoxy) is 2. The molecule has 6 heteroatoms. The van der Waals surface area contributed by atoms with Crippen molar-refractivity contribution in [2.45, 2.75) is 25.9 Å². The fraction of sp³-hybridized carbons (Fsp3) is 0.800. The normalized spacial score (nSPS) is 12.9. The van der Waals surface area contributed by atoms with Gasteiger partial charge in [0.05, 0.1) is 19.2 Å². The third-order valence-electron chi connectivity index (χ3n) is 2.06. The lowest BCUT2D eigenvalue weighted by molar-refractivity contribution is 0.0960. The van der Waals surface area contributed by atoms with E-state index in [1.165, 1.54) is 0 Å². The van der Waals surface area contributed by atoms with Crippen molar-refractivity contribution in [1.82, 2.24) is 14.8 Å². The molecule has 0 radical (unpaired) electrons. The predicted molar refractivity (Wildman–Crippen MR) is 59.9 cm³/mol. The van der Waals surface area contributed by atoms with Gasteiger partial charge in [0, 0.05) is 20.3 Å². The summed E-state index contributed by atoms with van der Waals surface area (Å²) in [7, 11) is 1.69. The summed E-state index contributed by atoms with van der Waals surface area (Å²) in [6, 6.07) is -0.121. The molecule has 16 heavy (non-hydrogen) atoms. The average molecular weight is 228 g/mol. The van der Waals surface area contributed by atoms with E-state index in [9.17, 15) is 0 Å². The molecular weight excluding hydrogens is 208 g/mol. The molecule has 92 valence electrons. The third kappa shape index (κ3) is 4.69. The predicted octanol–water partition coefficient (Wildman–Crippen LogP) is 0.351. The van der Waals surface area contributed by atoms with E-state index in [1.54, 1.807) is 18.1 Å². The minimum atomic E-state index is -0.121. The summed E-state index contributed by atoms with van der Waals surface area (Å²) < 4.78 is 12.1. The fourth-order valence-corrected chi connectivity index (χ4v) is 1.19. The summed E-state index contributed by atoms with van der Waals surface area (Å²) in [5.41, 5.74) is 5.65. The van der Waals surface area contributed by atoms with Crippen LogP contribution in [0.4, 0.5) is 0 Å². The number of nitrogens with two attached hydrogens (primary N) is 1. The Morgan fingerprint density at radius 1 is 1.44 bits per heavy atom. The molecule has 0 spiro atoms. The number of rotatable bonds is 8. The Balaban J connectivity index is 2.12. The van der Waals surface area contributed by atoms with E-state index in [4.69, 9.17) is 15.2 Å². The van der Waals surface area contributed by atoms with Gasteiger partial charge in [-0.2, -0.15) is 5.10 Å². The highest BCUT2D eigenvalue weighted by molar-refractivity contribution is 4.87. The molecule has 0 aromatic carbocycles. The molecule has 0 saturated heterocycles. The van der Waals surface area contributed by atoms with Crippen molar-refractivity contribution in [3.63, 3.8) is 0 Å². The average Bonchev–Trinajstić information content (AvgIpc) is 2.72. The van der Waals surface area contributed by atoms with Crippen LogP contribution >= 0.6 is 0 Å². The maximum absolute atomic E-state index is 5.65. The van der Waals surface area contributed by atoms with Crippen LogP contribution in [0.3, 0.4) is 0 Å². The summed E-state index contributed by atoms with van der Waals surface area (Å²) >= 11 is 0. The molecule has 1 rings (SSSR count). The number of nitrogens with zero attached hydrogens (tertiary/aromatic N) is 3. The molecule has 0 aliphatic rings. The molecule has 1 atom stereocenters. The van der Waals surface area contributed by atoms with Gasteiger partial charge in [0.15, 0.2) is 5.82 Å². The molecule has 2 N–H and O–H groups in total. The molecule has 0 aliphatic heterocycles. The van der Waals surface area contributed by atoms with Crippen molar-refractivity contribution in [3.8, 4) is 0 Å². The summed E-state index contributed by atoms with van der Waals surface area (Å²) in [4.78, 5) is 4.10. The largest absolute Gasteiger partial charge is 0.385 e. The molecule has 1 aromatic rings. The van der Waals surface area contributed by atoms with E-state index in [2.05, 4.69) is 10.1 Å². The maximum Gasteiger partial charge on any atom is 0.166 e. The molecule has 0 bridgehead atoms. The van der Waals surface area contributed by atoms with Crippen molar-refractivity contribution >= 4 is 0 Å². The molecule has 1 unspecified atom stereocenters. The molecular formula is C10H20N4O2. The zero-order chi connectivity index (χ0) is 11.8. The van der Waals surface area contributed by atoms with E-state index in [1.807, 2.05) is 6.92 Å². The lowest BCUT2D eigenvalue weighted by Crippen LogP contribution is -2.11. The van der Waals surface area contributed by atoms with E-state index in [0.717, 1.165) is 13.0 Å². The Labute approximate surface area is 95.7 Å². The molecule has 6 nitrogen and oxygen atoms in total. The Morgan fingerprint density at radius 2 is 2.25 bits per heavy atom. The van der Waals surface area contributed by atoms with Crippen LogP contribution in [-0.4, -0.2) is 41.7 Å². The van der Waals surface area contributed by atoms with Gasteiger partial charge < -0.3 is 15.2 Å². The van der Waals surface area contributed by atoms with Crippen LogP contribution < -0.4 is 5.73 Å². The fourth-order valence-electron chi connectivity index (χ4n) is 1.19. The molecule has 0 aliphatic carbocycles. The molecule has 1 aromatic heterocycles. The second-order valence-corrected chi connectivity index (χ2v) is 3.61. The number of methoxy groups -OCH3 is 1. The molecule has 0 fully saturated rings. The van der Waals surface area contributed by atoms with Crippen molar-refractivity contribution in [1.29, 1.82) is 0 Å². The summed E-state index contributed by atoms with van der Waals surface area (Å²) in [6.07, 6.45) is 2.59. The van der Waals surface area contributed by atoms with Gasteiger partial charge in [0.1, 0.15) is 6.33 Å². The Kier molecular flexibility index (Phi) is 5.99. The highest BCUT2D eigenvalue weighted by Gasteiger charge is 2.04. The van der Waals surface area contributed by atoms with Crippen LogP contribution in [-0.2, 0) is 16.0 Å². The monoisotopic (exact) mass is 228 g/mol. The van der Waals surface area contributed by atoms with Crippen molar-refractivity contribution in [2.75, 3.05) is 26.9 Å². The summed E-state index contributed by atoms with van der Waals surface area (Å²) in [5.74, 6) is 0.666. The van der Waals surface area contributed by atoms with Crippen LogP contribution in [0.25, 0.3) is 0 Å². The highest BCUT2D eigenvalue weighted by Crippen LogP contribution is 2.00. The van der Waals surface area contributed by atoms with Gasteiger partial charge in [0.25, 0.3) is 0 Å². The lowest BCUT2D eigenvalue weighted by atomic mass is 10.4. The standard InChI is InChI=1S/C10H20N4O2/c1-9(11)10-12-8-14(13-10)4-7-16-6-3-5-15-2/h8-9H,3-7,11H2,1-2H3. The SMILES string of the molecule is COCCCOCCn1cnc(C(C)N)n1. The van der Waals surface area contributed by atoms with Crippen LogP contribution in [0, 0.1) is 0 Å². The maximum atomic E-state index is 5.65. The van der Waals surface area contributed by atoms with Crippen LogP contribution in [0.5, 0.6) is 0 Å². The van der Waals surface area contributed by atoms with Crippen molar-refractivity contribution < 1.29 is 9.47 Å².